The van der Waals surface area contributed by atoms with Gasteiger partial charge in [0.15, 0.2) is 0 Å². The van der Waals surface area contributed by atoms with E-state index in [1.165, 1.54) is 0 Å². The van der Waals surface area contributed by atoms with Gasteiger partial charge < -0.3 is 10.1 Å². The van der Waals surface area contributed by atoms with E-state index in [9.17, 15) is 9.59 Å². The van der Waals surface area contributed by atoms with Crippen LogP contribution in [0.15, 0.2) is 24.3 Å². The molecule has 5 heteroatoms. The van der Waals surface area contributed by atoms with E-state index in [0.717, 1.165) is 11.4 Å². The number of likely N-dealkylation sites (tertiary alicyclic amines) is 1. The van der Waals surface area contributed by atoms with Crippen molar-refractivity contribution in [3.8, 4) is 5.75 Å². The Balaban J connectivity index is 1.91. The number of ether oxygens (including phenoxy) is 1. The highest BCUT2D eigenvalue weighted by molar-refractivity contribution is 5.94. The number of hydrogen-bond acceptors (Lipinski definition) is 4. The number of benzene rings is 1. The summed E-state index contributed by atoms with van der Waals surface area (Å²) < 4.78 is 5.07. The Morgan fingerprint density at radius 1 is 1.25 bits per heavy atom. The molecule has 1 amide bonds. The number of ketones is 1. The molecule has 1 N–H and O–H groups in total. The summed E-state index contributed by atoms with van der Waals surface area (Å²) in [6, 6.07) is 7.00. The molecule has 5 nitrogen and oxygen atoms in total. The normalized spacial score (nSPS) is 17.6. The lowest BCUT2D eigenvalue weighted by Crippen LogP contribution is -2.46. The van der Waals surface area contributed by atoms with Crippen molar-refractivity contribution in [1.82, 2.24) is 4.90 Å². The quantitative estimate of drug-likeness (QED) is 0.909. The lowest BCUT2D eigenvalue weighted by atomic mass is 10.1. The first-order valence-electron chi connectivity index (χ1n) is 6.81. The summed E-state index contributed by atoms with van der Waals surface area (Å²) in [7, 11) is 1.60. The fourth-order valence-electron chi connectivity index (χ4n) is 2.25. The minimum atomic E-state index is -0.231. The van der Waals surface area contributed by atoms with Crippen LogP contribution in [0.1, 0.15) is 19.8 Å². The highest BCUT2D eigenvalue weighted by Gasteiger charge is 2.25. The van der Waals surface area contributed by atoms with Crippen molar-refractivity contribution < 1.29 is 14.3 Å². The summed E-state index contributed by atoms with van der Waals surface area (Å²) >= 11 is 0. The second-order valence-corrected chi connectivity index (χ2v) is 4.97. The number of piperidine rings is 1. The molecular formula is C15H20N2O3. The Bertz CT molecular complexity index is 474. The molecule has 1 heterocycles. The van der Waals surface area contributed by atoms with E-state index in [4.69, 9.17) is 4.74 Å². The van der Waals surface area contributed by atoms with Gasteiger partial charge in [0.25, 0.3) is 0 Å². The molecule has 0 spiro atoms. The Kier molecular flexibility index (Phi) is 4.74. The highest BCUT2D eigenvalue weighted by atomic mass is 16.5. The summed E-state index contributed by atoms with van der Waals surface area (Å²) in [5.74, 6) is 0.985. The van der Waals surface area contributed by atoms with Crippen molar-refractivity contribution in [2.45, 2.75) is 25.8 Å². The van der Waals surface area contributed by atoms with Gasteiger partial charge in [-0.05, 0) is 31.2 Å². The number of methoxy groups -OCH3 is 1. The monoisotopic (exact) mass is 276 g/mol. The number of hydrogen-bond donors (Lipinski definition) is 1. The molecular weight excluding hydrogens is 256 g/mol. The molecule has 1 aliphatic heterocycles. The summed E-state index contributed by atoms with van der Waals surface area (Å²) in [4.78, 5) is 25.4. The summed E-state index contributed by atoms with van der Waals surface area (Å²) in [5.41, 5.74) is 0.746. The average molecular weight is 276 g/mol. The van der Waals surface area contributed by atoms with Gasteiger partial charge in [-0.3, -0.25) is 14.5 Å². The molecule has 2 rings (SSSR count). The first kappa shape index (κ1) is 14.5. The van der Waals surface area contributed by atoms with Gasteiger partial charge >= 0.3 is 0 Å². The molecule has 1 aliphatic rings. The van der Waals surface area contributed by atoms with Gasteiger partial charge in [-0.25, -0.2) is 0 Å². The van der Waals surface area contributed by atoms with Crippen molar-refractivity contribution in [3.63, 3.8) is 0 Å². The topological polar surface area (TPSA) is 58.6 Å². The molecule has 1 unspecified atom stereocenters. The number of amides is 1. The maximum atomic E-state index is 12.2. The van der Waals surface area contributed by atoms with Crippen molar-refractivity contribution in [2.24, 2.45) is 0 Å². The summed E-state index contributed by atoms with van der Waals surface area (Å²) in [6.07, 6.45) is 1.08. The lowest BCUT2D eigenvalue weighted by molar-refractivity contribution is -0.126. The molecule has 1 atom stereocenters. The van der Waals surface area contributed by atoms with Crippen LogP contribution in [0.4, 0.5) is 5.69 Å². The lowest BCUT2D eigenvalue weighted by Gasteiger charge is -2.30. The van der Waals surface area contributed by atoms with Gasteiger partial charge in [0.2, 0.25) is 5.91 Å². The smallest absolute Gasteiger partial charge is 0.241 e. The predicted molar refractivity (Wildman–Crippen MR) is 76.9 cm³/mol. The Morgan fingerprint density at radius 2 is 1.85 bits per heavy atom. The number of carbonyl (C=O) groups excluding carboxylic acids is 2. The maximum absolute atomic E-state index is 12.2. The molecule has 0 radical (unpaired) electrons. The van der Waals surface area contributed by atoms with Crippen LogP contribution in [0.5, 0.6) is 5.75 Å². The Hall–Kier alpha value is -1.88. The van der Waals surface area contributed by atoms with E-state index in [-0.39, 0.29) is 17.7 Å². The van der Waals surface area contributed by atoms with Crippen molar-refractivity contribution in [3.05, 3.63) is 24.3 Å². The third-order valence-electron chi connectivity index (χ3n) is 3.64. The van der Waals surface area contributed by atoms with E-state index in [1.807, 2.05) is 24.0 Å². The molecule has 1 aromatic rings. The average Bonchev–Trinajstić information content (AvgIpc) is 2.48. The zero-order valence-electron chi connectivity index (χ0n) is 11.9. The molecule has 1 aromatic carbocycles. The van der Waals surface area contributed by atoms with Crippen LogP contribution in [0.2, 0.25) is 0 Å². The number of anilines is 1. The number of Topliss-reactive ketones (excluding diaryl/α,β-unsaturated/α-hetero) is 1. The second kappa shape index (κ2) is 6.52. The molecule has 1 saturated heterocycles. The first-order valence-corrected chi connectivity index (χ1v) is 6.81. The highest BCUT2D eigenvalue weighted by Crippen LogP contribution is 2.16. The fourth-order valence-corrected chi connectivity index (χ4v) is 2.25. The van der Waals surface area contributed by atoms with Crippen LogP contribution >= 0.6 is 0 Å². The number of nitrogens with one attached hydrogen (secondary N) is 1. The molecule has 1 fully saturated rings. The van der Waals surface area contributed by atoms with Crippen LogP contribution in [-0.4, -0.2) is 42.8 Å². The van der Waals surface area contributed by atoms with Gasteiger partial charge in [0, 0.05) is 31.6 Å². The van der Waals surface area contributed by atoms with Crippen LogP contribution < -0.4 is 10.1 Å². The standard InChI is InChI=1S/C15H20N2O3/c1-11(17-9-7-13(18)8-10-17)15(19)16-12-3-5-14(20-2)6-4-12/h3-6,11H,7-10H2,1-2H3,(H,16,19). The van der Waals surface area contributed by atoms with E-state index >= 15 is 0 Å². The summed E-state index contributed by atoms with van der Waals surface area (Å²) in [5, 5.41) is 2.88. The van der Waals surface area contributed by atoms with Crippen LogP contribution in [0, 0.1) is 0 Å². The minimum Gasteiger partial charge on any atom is -0.497 e. The maximum Gasteiger partial charge on any atom is 0.241 e. The van der Waals surface area contributed by atoms with Crippen LogP contribution in [0.25, 0.3) is 0 Å². The fraction of sp³-hybridized carbons (Fsp3) is 0.467. The predicted octanol–water partition coefficient (Wildman–Crippen LogP) is 1.69. The minimum absolute atomic E-state index is 0.0514. The van der Waals surface area contributed by atoms with Gasteiger partial charge in [0.05, 0.1) is 13.2 Å². The van der Waals surface area contributed by atoms with Crippen molar-refractivity contribution >= 4 is 17.4 Å². The molecule has 20 heavy (non-hydrogen) atoms. The molecule has 0 aromatic heterocycles. The number of carbonyl (C=O) groups is 2. The van der Waals surface area contributed by atoms with Crippen molar-refractivity contribution in [2.75, 3.05) is 25.5 Å². The van der Waals surface area contributed by atoms with Gasteiger partial charge in [-0.1, -0.05) is 0 Å². The third kappa shape index (κ3) is 3.57. The van der Waals surface area contributed by atoms with E-state index in [2.05, 4.69) is 5.32 Å². The molecule has 108 valence electrons. The number of nitrogens with zero attached hydrogens (tertiary/aromatic N) is 1. The first-order chi connectivity index (χ1) is 9.60. The molecule has 0 bridgehead atoms. The Labute approximate surface area is 118 Å². The zero-order valence-corrected chi connectivity index (χ0v) is 11.9. The van der Waals surface area contributed by atoms with Gasteiger partial charge in [-0.2, -0.15) is 0 Å². The van der Waals surface area contributed by atoms with Crippen molar-refractivity contribution in [1.29, 1.82) is 0 Å². The largest absolute Gasteiger partial charge is 0.497 e. The zero-order chi connectivity index (χ0) is 14.5. The summed E-state index contributed by atoms with van der Waals surface area (Å²) in [6.45, 7) is 3.20. The molecule has 0 saturated carbocycles. The second-order valence-electron chi connectivity index (χ2n) is 4.97. The van der Waals surface area contributed by atoms with E-state index < -0.39 is 0 Å². The SMILES string of the molecule is COc1ccc(NC(=O)C(C)N2CCC(=O)CC2)cc1. The third-order valence-corrected chi connectivity index (χ3v) is 3.64. The van der Waals surface area contributed by atoms with E-state index in [1.54, 1.807) is 19.2 Å². The van der Waals surface area contributed by atoms with E-state index in [0.29, 0.717) is 25.9 Å². The Morgan fingerprint density at radius 3 is 2.40 bits per heavy atom. The van der Waals surface area contributed by atoms with Crippen LogP contribution in [0.3, 0.4) is 0 Å². The number of rotatable bonds is 4. The molecule has 0 aliphatic carbocycles. The van der Waals surface area contributed by atoms with Crippen LogP contribution in [-0.2, 0) is 9.59 Å². The van der Waals surface area contributed by atoms with Gasteiger partial charge in [-0.15, -0.1) is 0 Å². The van der Waals surface area contributed by atoms with Gasteiger partial charge in [0.1, 0.15) is 11.5 Å².